The minimum atomic E-state index is -4.09. The van der Waals surface area contributed by atoms with Gasteiger partial charge in [0.05, 0.1) is 37.3 Å². The van der Waals surface area contributed by atoms with Gasteiger partial charge in [-0.1, -0.05) is 0 Å². The first-order valence-corrected chi connectivity index (χ1v) is 11.8. The Morgan fingerprint density at radius 1 is 1.34 bits per heavy atom. The lowest BCUT2D eigenvalue weighted by atomic mass is 9.67. The minimum Gasteiger partial charge on any atom is -0.381 e. The quantitative estimate of drug-likeness (QED) is 0.573. The van der Waals surface area contributed by atoms with Crippen LogP contribution >= 0.6 is 0 Å². The fourth-order valence-electron chi connectivity index (χ4n) is 5.38. The van der Waals surface area contributed by atoms with Crippen LogP contribution in [0.25, 0.3) is 0 Å². The van der Waals surface area contributed by atoms with Crippen LogP contribution in [0.4, 0.5) is 13.2 Å². The maximum absolute atomic E-state index is 12.8. The Morgan fingerprint density at radius 3 is 2.81 bits per heavy atom. The van der Waals surface area contributed by atoms with Crippen LogP contribution < -0.4 is 5.32 Å². The number of nitrogens with zero attached hydrogens (tertiary/aromatic N) is 3. The predicted octanol–water partition coefficient (Wildman–Crippen LogP) is 3.94. The van der Waals surface area contributed by atoms with E-state index in [4.69, 9.17) is 14.6 Å². The Kier molecular flexibility index (Phi) is 9.00. The van der Waals surface area contributed by atoms with Gasteiger partial charge in [0.25, 0.3) is 0 Å². The number of hydrogen-bond donors (Lipinski definition) is 1. The molecule has 0 aromatic carbocycles. The third-order valence-corrected chi connectivity index (χ3v) is 7.21. The molecule has 3 rings (SSSR count). The van der Waals surface area contributed by atoms with Crippen LogP contribution in [-0.4, -0.2) is 67.9 Å². The van der Waals surface area contributed by atoms with Crippen molar-refractivity contribution in [3.05, 3.63) is 17.0 Å². The number of aromatic nitrogens is 2. The van der Waals surface area contributed by atoms with Crippen LogP contribution in [0.2, 0.25) is 0 Å². The molecule has 9 heteroatoms. The summed E-state index contributed by atoms with van der Waals surface area (Å²) in [5.74, 6) is 0.481. The standard InChI is InChI=1S/C23H39F3N4O2/c1-16(31-4)19-13-17(7-8-23(24,25)26)5-6-18(19)22-20(14-29(3)10-9-27-2)28-30-11-12-32-15-21(22)30/h16-19,27H,5-15H2,1-4H3. The van der Waals surface area contributed by atoms with Crippen molar-refractivity contribution < 1.29 is 22.6 Å². The highest BCUT2D eigenvalue weighted by atomic mass is 19.4. The number of nitrogens with one attached hydrogen (secondary N) is 1. The molecular weight excluding hydrogens is 421 g/mol. The van der Waals surface area contributed by atoms with E-state index in [-0.39, 0.29) is 30.3 Å². The van der Waals surface area contributed by atoms with Crippen molar-refractivity contribution in [2.24, 2.45) is 11.8 Å². The SMILES string of the molecule is CNCCN(C)Cc1nn2c(c1C1CCC(CCC(F)(F)F)CC1C(C)OC)COCC2. The number of fused-ring (bicyclic) bond motifs is 1. The Morgan fingerprint density at radius 2 is 2.12 bits per heavy atom. The smallest absolute Gasteiger partial charge is 0.381 e. The van der Waals surface area contributed by atoms with Gasteiger partial charge in [-0.2, -0.15) is 18.3 Å². The zero-order valence-electron chi connectivity index (χ0n) is 19.9. The van der Waals surface area contributed by atoms with Crippen molar-refractivity contribution in [3.8, 4) is 0 Å². The largest absolute Gasteiger partial charge is 0.389 e. The molecule has 4 atom stereocenters. The first-order valence-electron chi connectivity index (χ1n) is 11.8. The second-order valence-corrected chi connectivity index (χ2v) is 9.47. The van der Waals surface area contributed by atoms with E-state index in [1.54, 1.807) is 7.11 Å². The van der Waals surface area contributed by atoms with Crippen LogP contribution in [-0.2, 0) is 29.2 Å². The summed E-state index contributed by atoms with van der Waals surface area (Å²) in [5, 5.41) is 8.15. The van der Waals surface area contributed by atoms with Gasteiger partial charge in [0.2, 0.25) is 0 Å². The summed E-state index contributed by atoms with van der Waals surface area (Å²) in [6, 6.07) is 0. The van der Waals surface area contributed by atoms with Crippen molar-refractivity contribution in [2.75, 3.05) is 40.9 Å². The predicted molar refractivity (Wildman–Crippen MR) is 117 cm³/mol. The first-order chi connectivity index (χ1) is 15.2. The van der Waals surface area contributed by atoms with E-state index >= 15 is 0 Å². The highest BCUT2D eigenvalue weighted by Crippen LogP contribution is 2.47. The molecule has 6 nitrogen and oxygen atoms in total. The molecule has 0 bridgehead atoms. The number of likely N-dealkylation sites (N-methyl/N-ethyl adjacent to an activating group) is 2. The second-order valence-electron chi connectivity index (χ2n) is 9.47. The summed E-state index contributed by atoms with van der Waals surface area (Å²) in [5.41, 5.74) is 3.47. The monoisotopic (exact) mass is 460 g/mol. The van der Waals surface area contributed by atoms with Crippen molar-refractivity contribution in [1.82, 2.24) is 20.0 Å². The van der Waals surface area contributed by atoms with Crippen LogP contribution in [0.15, 0.2) is 0 Å². The van der Waals surface area contributed by atoms with Crippen molar-refractivity contribution in [3.63, 3.8) is 0 Å². The van der Waals surface area contributed by atoms with E-state index < -0.39 is 12.6 Å². The van der Waals surface area contributed by atoms with E-state index in [0.29, 0.717) is 13.2 Å². The van der Waals surface area contributed by atoms with Gasteiger partial charge in [-0.15, -0.1) is 0 Å². The molecule has 1 fully saturated rings. The molecule has 4 unspecified atom stereocenters. The van der Waals surface area contributed by atoms with Crippen LogP contribution in [0, 0.1) is 11.8 Å². The summed E-state index contributed by atoms with van der Waals surface area (Å²) in [7, 11) is 5.74. The summed E-state index contributed by atoms with van der Waals surface area (Å²) in [4.78, 5) is 2.26. The Labute approximate surface area is 189 Å². The van der Waals surface area contributed by atoms with Crippen LogP contribution in [0.3, 0.4) is 0 Å². The van der Waals surface area contributed by atoms with Crippen molar-refractivity contribution >= 4 is 0 Å². The van der Waals surface area contributed by atoms with E-state index in [0.717, 1.165) is 56.8 Å². The lowest BCUT2D eigenvalue weighted by molar-refractivity contribution is -0.138. The normalized spacial score (nSPS) is 25.2. The molecule has 2 heterocycles. The molecular formula is C23H39F3N4O2. The number of hydrogen-bond acceptors (Lipinski definition) is 5. The van der Waals surface area contributed by atoms with Gasteiger partial charge in [-0.25, -0.2) is 0 Å². The molecule has 1 aromatic heterocycles. The average molecular weight is 461 g/mol. The third-order valence-electron chi connectivity index (χ3n) is 7.21. The maximum atomic E-state index is 12.8. The van der Waals surface area contributed by atoms with E-state index in [9.17, 15) is 13.2 Å². The van der Waals surface area contributed by atoms with Gasteiger partial charge >= 0.3 is 6.18 Å². The summed E-state index contributed by atoms with van der Waals surface area (Å²) in [6.07, 6.45) is -2.17. The minimum absolute atomic E-state index is 0.0244. The number of halogens is 3. The summed E-state index contributed by atoms with van der Waals surface area (Å²) >= 11 is 0. The zero-order valence-corrected chi connectivity index (χ0v) is 19.9. The number of ether oxygens (including phenoxy) is 2. The lowest BCUT2D eigenvalue weighted by Crippen LogP contribution is -2.34. The first kappa shape index (κ1) is 25.5. The highest BCUT2D eigenvalue weighted by molar-refractivity contribution is 5.32. The molecule has 0 saturated heterocycles. The van der Waals surface area contributed by atoms with Gasteiger partial charge < -0.3 is 14.8 Å². The van der Waals surface area contributed by atoms with Gasteiger partial charge in [-0.05, 0) is 64.5 Å². The highest BCUT2D eigenvalue weighted by Gasteiger charge is 2.40. The van der Waals surface area contributed by atoms with Crippen molar-refractivity contribution in [2.45, 2.75) is 76.9 Å². The summed E-state index contributed by atoms with van der Waals surface area (Å²) < 4.78 is 52.1. The lowest BCUT2D eigenvalue weighted by Gasteiger charge is -2.40. The van der Waals surface area contributed by atoms with Crippen LogP contribution in [0.5, 0.6) is 0 Å². The summed E-state index contributed by atoms with van der Waals surface area (Å²) in [6.45, 7) is 6.56. The maximum Gasteiger partial charge on any atom is 0.389 e. The van der Waals surface area contributed by atoms with E-state index in [2.05, 4.69) is 28.9 Å². The molecule has 184 valence electrons. The van der Waals surface area contributed by atoms with Gasteiger partial charge in [0.15, 0.2) is 0 Å². The topological polar surface area (TPSA) is 51.6 Å². The second kappa shape index (κ2) is 11.3. The molecule has 0 amide bonds. The molecule has 0 spiro atoms. The molecule has 0 radical (unpaired) electrons. The fraction of sp³-hybridized carbons (Fsp3) is 0.870. The third kappa shape index (κ3) is 6.46. The molecule has 1 aliphatic heterocycles. The van der Waals surface area contributed by atoms with E-state index in [1.807, 2.05) is 7.05 Å². The van der Waals surface area contributed by atoms with Gasteiger partial charge in [0, 0.05) is 38.7 Å². The zero-order chi connectivity index (χ0) is 23.3. The molecule has 1 aromatic rings. The van der Waals surface area contributed by atoms with Crippen molar-refractivity contribution in [1.29, 1.82) is 0 Å². The van der Waals surface area contributed by atoms with Crippen LogP contribution in [0.1, 0.15) is 61.9 Å². The molecule has 1 aliphatic carbocycles. The van der Waals surface area contributed by atoms with E-state index in [1.165, 1.54) is 5.56 Å². The number of rotatable bonds is 10. The number of methoxy groups -OCH3 is 1. The Bertz CT molecular complexity index is 725. The Balaban J connectivity index is 1.85. The molecule has 2 aliphatic rings. The fourth-order valence-corrected chi connectivity index (χ4v) is 5.38. The Hall–Kier alpha value is -1.16. The number of alkyl halides is 3. The van der Waals surface area contributed by atoms with Gasteiger partial charge in [-0.3, -0.25) is 9.58 Å². The van der Waals surface area contributed by atoms with Gasteiger partial charge in [0.1, 0.15) is 0 Å². The molecule has 32 heavy (non-hydrogen) atoms. The molecule has 1 N–H and O–H groups in total. The molecule has 1 saturated carbocycles. The average Bonchev–Trinajstić information content (AvgIpc) is 3.12.